The zero-order valence-corrected chi connectivity index (χ0v) is 20.4. The Morgan fingerprint density at radius 3 is 2.59 bits per heavy atom. The van der Waals surface area contributed by atoms with Crippen LogP contribution in [0.25, 0.3) is 16.0 Å². The minimum absolute atomic E-state index is 0.120. The highest BCUT2D eigenvalue weighted by molar-refractivity contribution is 7.99. The highest BCUT2D eigenvalue weighted by Gasteiger charge is 2.18. The molecule has 0 aliphatic heterocycles. The van der Waals surface area contributed by atoms with Crippen LogP contribution < -0.4 is 10.9 Å². The second-order valence-electron chi connectivity index (χ2n) is 7.27. The first kappa shape index (κ1) is 22.4. The molecule has 0 fully saturated rings. The molecular weight excluding hydrogens is 460 g/mol. The van der Waals surface area contributed by atoms with Gasteiger partial charge in [-0.2, -0.15) is 0 Å². The summed E-state index contributed by atoms with van der Waals surface area (Å²) >= 11 is 7.94. The highest BCUT2D eigenvalue weighted by Crippen LogP contribution is 2.25. The van der Waals surface area contributed by atoms with E-state index in [2.05, 4.69) is 5.32 Å². The van der Waals surface area contributed by atoms with Crippen molar-refractivity contribution in [2.75, 3.05) is 11.1 Å². The summed E-state index contributed by atoms with van der Waals surface area (Å²) < 4.78 is 4.54. The van der Waals surface area contributed by atoms with Crippen molar-refractivity contribution in [3.05, 3.63) is 74.0 Å². The number of aryl methyl sites for hydroxylation is 3. The number of amides is 1. The van der Waals surface area contributed by atoms with Gasteiger partial charge >= 0.3 is 0 Å². The topological polar surface area (TPSA) is 68.9 Å². The molecule has 0 aliphatic rings. The quantitative estimate of drug-likeness (QED) is 0.228. The summed E-state index contributed by atoms with van der Waals surface area (Å²) in [7, 11) is 0. The highest BCUT2D eigenvalue weighted by atomic mass is 32.2. The van der Waals surface area contributed by atoms with Crippen LogP contribution in [-0.4, -0.2) is 25.8 Å². The maximum atomic E-state index is 13.4. The van der Waals surface area contributed by atoms with Crippen LogP contribution in [0, 0.1) is 17.8 Å². The molecule has 4 rings (SSSR count). The van der Waals surface area contributed by atoms with Crippen molar-refractivity contribution in [1.29, 1.82) is 0 Å². The number of carbonyl (C=O) groups excluding carboxylic acids is 1. The molecule has 4 aromatic rings. The fraction of sp³-hybridized carbons (Fsp3) is 0.217. The van der Waals surface area contributed by atoms with Crippen molar-refractivity contribution in [1.82, 2.24) is 14.1 Å². The molecule has 1 N–H and O–H groups in total. The number of carbonyl (C=O) groups is 1. The van der Waals surface area contributed by atoms with Gasteiger partial charge in [0.05, 0.1) is 11.4 Å². The smallest absolute Gasteiger partial charge is 0.278 e. The Bertz CT molecular complexity index is 1420. The summed E-state index contributed by atoms with van der Waals surface area (Å²) in [4.78, 5) is 30.8. The molecule has 0 bridgehead atoms. The average Bonchev–Trinajstić information content (AvgIpc) is 3.11. The minimum Gasteiger partial charge on any atom is -0.325 e. The van der Waals surface area contributed by atoms with Gasteiger partial charge in [-0.3, -0.25) is 14.2 Å². The summed E-state index contributed by atoms with van der Waals surface area (Å²) in [5, 5.41) is 3.38. The van der Waals surface area contributed by atoms with Gasteiger partial charge in [0.1, 0.15) is 4.70 Å². The van der Waals surface area contributed by atoms with Crippen LogP contribution in [0.3, 0.4) is 0 Å². The van der Waals surface area contributed by atoms with E-state index in [1.807, 2.05) is 73.9 Å². The van der Waals surface area contributed by atoms with Gasteiger partial charge in [0, 0.05) is 12.2 Å². The monoisotopic (exact) mass is 482 g/mol. The molecule has 0 aliphatic carbocycles. The molecule has 0 atom stereocenters. The number of hydrogen-bond acceptors (Lipinski definition) is 6. The first-order valence-electron chi connectivity index (χ1n) is 10.1. The predicted octanol–water partition coefficient (Wildman–Crippen LogP) is 5.35. The molecular formula is C23H22N4O2S3. The van der Waals surface area contributed by atoms with E-state index in [-0.39, 0.29) is 17.2 Å². The molecule has 9 heteroatoms. The average molecular weight is 483 g/mol. The summed E-state index contributed by atoms with van der Waals surface area (Å²) in [6.07, 6.45) is 0. The van der Waals surface area contributed by atoms with Crippen molar-refractivity contribution in [3.63, 3.8) is 0 Å². The Hall–Kier alpha value is -2.75. The van der Waals surface area contributed by atoms with E-state index >= 15 is 0 Å². The zero-order chi connectivity index (χ0) is 22.8. The van der Waals surface area contributed by atoms with Crippen molar-refractivity contribution < 1.29 is 4.79 Å². The number of thiazole rings is 1. The van der Waals surface area contributed by atoms with E-state index in [0.717, 1.165) is 11.3 Å². The van der Waals surface area contributed by atoms with E-state index in [1.165, 1.54) is 28.7 Å². The van der Waals surface area contributed by atoms with E-state index < -0.39 is 0 Å². The Balaban J connectivity index is 1.70. The first-order valence-corrected chi connectivity index (χ1v) is 12.3. The molecule has 2 aromatic heterocycles. The van der Waals surface area contributed by atoms with Crippen molar-refractivity contribution >= 4 is 57.3 Å². The Kier molecular flexibility index (Phi) is 6.59. The number of aromatic nitrogens is 3. The number of nitrogens with one attached hydrogen (secondary N) is 1. The Labute approximate surface area is 198 Å². The molecule has 0 radical (unpaired) electrons. The van der Waals surface area contributed by atoms with Crippen molar-refractivity contribution in [3.8, 4) is 5.69 Å². The van der Waals surface area contributed by atoms with Gasteiger partial charge in [0.25, 0.3) is 5.56 Å². The normalized spacial score (nSPS) is 11.1. The van der Waals surface area contributed by atoms with Crippen LogP contribution in [-0.2, 0) is 11.3 Å². The maximum absolute atomic E-state index is 13.4. The van der Waals surface area contributed by atoms with Gasteiger partial charge in [-0.15, -0.1) is 0 Å². The van der Waals surface area contributed by atoms with E-state index in [0.29, 0.717) is 31.7 Å². The molecule has 164 valence electrons. The number of benzene rings is 2. The van der Waals surface area contributed by atoms with Gasteiger partial charge in [-0.05, 0) is 68.4 Å². The van der Waals surface area contributed by atoms with Crippen LogP contribution in [0.5, 0.6) is 0 Å². The number of rotatable bonds is 6. The lowest BCUT2D eigenvalue weighted by Crippen LogP contribution is -2.22. The SMILES string of the molecule is CCn1c(=S)sc2c(=O)n(-c3ccccc3)c(SCC(=O)Nc3ccc(C)c(C)c3)nc21. The van der Waals surface area contributed by atoms with Gasteiger partial charge in [0.15, 0.2) is 14.8 Å². The largest absolute Gasteiger partial charge is 0.325 e. The molecule has 32 heavy (non-hydrogen) atoms. The summed E-state index contributed by atoms with van der Waals surface area (Å²) in [6, 6.07) is 15.1. The van der Waals surface area contributed by atoms with Gasteiger partial charge in [-0.25, -0.2) is 4.98 Å². The second-order valence-corrected chi connectivity index (χ2v) is 9.86. The van der Waals surface area contributed by atoms with Gasteiger partial charge in [0.2, 0.25) is 5.91 Å². The standard InChI is InChI=1S/C23H22N4O2S3/c1-4-26-20-19(32-23(26)30)21(29)27(17-8-6-5-7-9-17)22(25-20)31-13-18(28)24-16-11-10-14(2)15(3)12-16/h5-12H,4,13H2,1-3H3,(H,24,28). The predicted molar refractivity (Wildman–Crippen MR) is 135 cm³/mol. The number of para-hydroxylation sites is 1. The van der Waals surface area contributed by atoms with Crippen molar-refractivity contribution in [2.24, 2.45) is 0 Å². The Morgan fingerprint density at radius 1 is 1.16 bits per heavy atom. The molecule has 1 amide bonds. The first-order chi connectivity index (χ1) is 15.4. The van der Waals surface area contributed by atoms with Crippen LogP contribution >= 0.6 is 35.3 Å². The lowest BCUT2D eigenvalue weighted by molar-refractivity contribution is -0.113. The van der Waals surface area contributed by atoms with E-state index in [4.69, 9.17) is 17.2 Å². The minimum atomic E-state index is -0.179. The lowest BCUT2D eigenvalue weighted by atomic mass is 10.1. The molecule has 0 unspecified atom stereocenters. The van der Waals surface area contributed by atoms with Gasteiger partial charge in [-0.1, -0.05) is 47.4 Å². The fourth-order valence-corrected chi connectivity index (χ4v) is 5.50. The summed E-state index contributed by atoms with van der Waals surface area (Å²) in [5.74, 6) is -0.0424. The number of fused-ring (bicyclic) bond motifs is 1. The Morgan fingerprint density at radius 2 is 1.91 bits per heavy atom. The maximum Gasteiger partial charge on any atom is 0.278 e. The van der Waals surface area contributed by atoms with E-state index in [9.17, 15) is 9.59 Å². The lowest BCUT2D eigenvalue weighted by Gasteiger charge is -2.13. The molecule has 0 saturated carbocycles. The molecule has 0 spiro atoms. The van der Waals surface area contributed by atoms with Crippen molar-refractivity contribution in [2.45, 2.75) is 32.5 Å². The molecule has 2 aromatic carbocycles. The molecule has 6 nitrogen and oxygen atoms in total. The third kappa shape index (κ3) is 4.41. The fourth-order valence-electron chi connectivity index (χ4n) is 3.30. The number of thioether (sulfide) groups is 1. The third-order valence-corrected chi connectivity index (χ3v) is 7.48. The van der Waals surface area contributed by atoms with Gasteiger partial charge < -0.3 is 9.88 Å². The number of anilines is 1. The molecule has 0 saturated heterocycles. The zero-order valence-electron chi connectivity index (χ0n) is 17.9. The molecule has 2 heterocycles. The summed E-state index contributed by atoms with van der Waals surface area (Å²) in [6.45, 7) is 6.63. The van der Waals surface area contributed by atoms with Crippen LogP contribution in [0.4, 0.5) is 5.69 Å². The van der Waals surface area contributed by atoms with Crippen LogP contribution in [0.15, 0.2) is 58.5 Å². The van der Waals surface area contributed by atoms with Crippen LogP contribution in [0.2, 0.25) is 0 Å². The van der Waals surface area contributed by atoms with E-state index in [1.54, 1.807) is 4.57 Å². The van der Waals surface area contributed by atoms with Crippen LogP contribution in [0.1, 0.15) is 18.1 Å². The number of nitrogens with zero attached hydrogens (tertiary/aromatic N) is 3. The second kappa shape index (κ2) is 9.40. The number of hydrogen-bond donors (Lipinski definition) is 1. The summed E-state index contributed by atoms with van der Waals surface area (Å²) in [5.41, 5.74) is 4.12. The third-order valence-electron chi connectivity index (χ3n) is 5.11.